The van der Waals surface area contributed by atoms with Gasteiger partial charge in [0.15, 0.2) is 0 Å². The van der Waals surface area contributed by atoms with Crippen LogP contribution in [0.3, 0.4) is 0 Å². The van der Waals surface area contributed by atoms with Crippen LogP contribution in [0.1, 0.15) is 11.1 Å². The fraction of sp³-hybridized carbons (Fsp3) is 0.125. The predicted octanol–water partition coefficient (Wildman–Crippen LogP) is 4.75. The zero-order chi connectivity index (χ0) is 20.6. The molecule has 4 nitrogen and oxygen atoms in total. The van der Waals surface area contributed by atoms with Crippen LogP contribution in [0.2, 0.25) is 0 Å². The average molecular weight is 608 g/mol. The molecule has 0 fully saturated rings. The van der Waals surface area contributed by atoms with Crippen molar-refractivity contribution >= 4 is 20.2 Å². The zero-order valence-corrected chi connectivity index (χ0v) is 17.0. The maximum absolute atomic E-state index is 11.4. The third-order valence-corrected chi connectivity index (χ3v) is 2.66. The first kappa shape index (κ1) is 26.1. The summed E-state index contributed by atoms with van der Waals surface area (Å²) in [5.41, 5.74) is 1.14. The van der Waals surface area contributed by atoms with Crippen molar-refractivity contribution in [3.05, 3.63) is 59.7 Å². The van der Waals surface area contributed by atoms with Crippen LogP contribution < -0.4 is 10.2 Å². The molecule has 28 heavy (non-hydrogen) atoms. The summed E-state index contributed by atoms with van der Waals surface area (Å²) in [5, 5.41) is 22.8. The summed E-state index contributed by atoms with van der Waals surface area (Å²) in [5.74, 6) is -0.0833. The zero-order valence-electron chi connectivity index (χ0n) is 13.9. The number of hydrogen-bond donors (Lipinski definition) is 0. The second kappa shape index (κ2) is 9.56. The molecule has 12 heteroatoms. The van der Waals surface area contributed by atoms with Crippen molar-refractivity contribution in [2.24, 2.45) is 9.98 Å². The van der Waals surface area contributed by atoms with Crippen molar-refractivity contribution in [1.29, 1.82) is 0 Å². The van der Waals surface area contributed by atoms with Crippen molar-refractivity contribution in [1.82, 2.24) is 0 Å². The Bertz CT molecular complexity index is 762. The van der Waals surface area contributed by atoms with Crippen LogP contribution in [-0.2, 0) is 22.4 Å². The largest absolute Gasteiger partial charge is 3.00 e. The van der Waals surface area contributed by atoms with Gasteiger partial charge in [-0.25, -0.2) is 0 Å². The number of para-hydroxylation sites is 2. The molecule has 0 aliphatic heterocycles. The first-order valence-corrected chi connectivity index (χ1v) is 9.33. The Kier molecular flexibility index (Phi) is 8.92. The molecule has 0 aromatic heterocycles. The molecule has 0 N–H and O–H groups in total. The van der Waals surface area contributed by atoms with Gasteiger partial charge in [-0.2, -0.15) is 0 Å². The fourth-order valence-electron chi connectivity index (χ4n) is 1.62. The molecule has 0 aliphatic rings. The second-order valence-electron chi connectivity index (χ2n) is 5.10. The average Bonchev–Trinajstić information content (AvgIpc) is 2.51. The Hall–Kier alpha value is -1.87. The molecule has 0 bridgehead atoms. The molecule has 0 amide bonds. The van der Waals surface area contributed by atoms with E-state index in [1.807, 2.05) is 0 Å². The van der Waals surface area contributed by atoms with Crippen molar-refractivity contribution in [2.45, 2.75) is 0 Å². The molecule has 2 rings (SSSR count). The molecule has 2 aromatic carbocycles. The minimum absolute atomic E-state index is 0. The van der Waals surface area contributed by atoms with E-state index in [1.165, 1.54) is 12.1 Å². The van der Waals surface area contributed by atoms with Crippen molar-refractivity contribution in [3.63, 3.8) is 0 Å². The van der Waals surface area contributed by atoms with Crippen LogP contribution in [0.4, 0.5) is 25.2 Å². The molecule has 0 saturated carbocycles. The van der Waals surface area contributed by atoms with Gasteiger partial charge < -0.3 is 10.2 Å². The summed E-state index contributed by atoms with van der Waals surface area (Å²) in [7, 11) is -10.7. The van der Waals surface area contributed by atoms with Crippen LogP contribution >= 0.6 is 7.81 Å². The number of halogens is 6. The summed E-state index contributed by atoms with van der Waals surface area (Å²) < 4.78 is 59.2. The van der Waals surface area contributed by atoms with Gasteiger partial charge in [-0.15, -0.1) is 11.5 Å². The smallest absolute Gasteiger partial charge is 0.872 e. The Morgan fingerprint density at radius 2 is 0.964 bits per heavy atom. The van der Waals surface area contributed by atoms with Crippen molar-refractivity contribution in [3.8, 4) is 11.5 Å². The first-order valence-electron chi connectivity index (χ1n) is 7.30. The number of nitrogens with zero attached hydrogens (tertiary/aromatic N) is 2. The summed E-state index contributed by atoms with van der Waals surface area (Å²) in [4.78, 5) is 8.28. The summed E-state index contributed by atoms with van der Waals surface area (Å²) >= 11 is 0. The number of hydrogen-bond acceptors (Lipinski definition) is 4. The number of aliphatic imine (C=N–C) groups is 2. The van der Waals surface area contributed by atoms with E-state index in [2.05, 4.69) is 9.98 Å². The molecule has 0 radical (unpaired) electrons. The SMILES string of the molecule is F[P-](F)(F)(F)(F)F.[Au+3].[O-]c1ccccc1C=NCCN=Cc1ccccc1[O-]. The third kappa shape index (κ3) is 15.2. The normalized spacial score (nSPS) is 13.9. The Balaban J connectivity index is 0.000000786. The fourth-order valence-corrected chi connectivity index (χ4v) is 1.62. The van der Waals surface area contributed by atoms with Gasteiger partial charge >= 0.3 is 55.4 Å². The van der Waals surface area contributed by atoms with Crippen LogP contribution in [0.5, 0.6) is 11.5 Å². The van der Waals surface area contributed by atoms with Gasteiger partial charge in [0.1, 0.15) is 0 Å². The third-order valence-electron chi connectivity index (χ3n) is 2.66. The Morgan fingerprint density at radius 1 is 0.679 bits per heavy atom. The van der Waals surface area contributed by atoms with E-state index in [0.717, 1.165) is 0 Å². The molecule has 0 saturated heterocycles. The minimum atomic E-state index is -10.7. The molecule has 0 heterocycles. The molecular weight excluding hydrogens is 594 g/mol. The number of rotatable bonds is 5. The van der Waals surface area contributed by atoms with Gasteiger partial charge in [-0.3, -0.25) is 9.98 Å². The van der Waals surface area contributed by atoms with Gasteiger partial charge in [-0.05, 0) is 11.1 Å². The van der Waals surface area contributed by atoms with E-state index in [1.54, 1.807) is 48.8 Å². The van der Waals surface area contributed by atoms with Crippen LogP contribution in [0.15, 0.2) is 58.5 Å². The van der Waals surface area contributed by atoms with Gasteiger partial charge in [0.2, 0.25) is 0 Å². The maximum Gasteiger partial charge on any atom is 3.00 e. The summed E-state index contributed by atoms with van der Waals surface area (Å²) in [6.07, 6.45) is 3.11. The molecule has 0 atom stereocenters. The monoisotopic (exact) mass is 608 g/mol. The molecular formula is C16H14AuF6N2O2P. The van der Waals surface area contributed by atoms with E-state index >= 15 is 0 Å². The Labute approximate surface area is 172 Å². The molecule has 0 aliphatic carbocycles. The van der Waals surface area contributed by atoms with E-state index in [0.29, 0.717) is 24.2 Å². The van der Waals surface area contributed by atoms with E-state index in [4.69, 9.17) is 0 Å². The van der Waals surface area contributed by atoms with Crippen LogP contribution in [0.25, 0.3) is 0 Å². The standard InChI is InChI=1S/C16H16N2O2.Au.F6P/c19-15-7-3-1-5-13(15)11-17-9-10-18-12-14-6-2-4-8-16(14)20;;1-7(2,3,4,5)6/h1-8,11-12,19-20H,9-10H2;;/q;+3;-1/p-2. The van der Waals surface area contributed by atoms with E-state index in [9.17, 15) is 35.4 Å². The minimum Gasteiger partial charge on any atom is -0.872 e. The van der Waals surface area contributed by atoms with E-state index in [-0.39, 0.29) is 33.9 Å². The quantitative estimate of drug-likeness (QED) is 0.162. The van der Waals surface area contributed by atoms with Crippen molar-refractivity contribution < 1.29 is 57.8 Å². The van der Waals surface area contributed by atoms with Gasteiger partial charge in [0.25, 0.3) is 0 Å². The van der Waals surface area contributed by atoms with E-state index < -0.39 is 7.81 Å². The summed E-state index contributed by atoms with van der Waals surface area (Å²) in [6, 6.07) is 13.5. The second-order valence-corrected chi connectivity index (χ2v) is 7.02. The predicted molar refractivity (Wildman–Crippen MR) is 90.3 cm³/mol. The topological polar surface area (TPSA) is 70.8 Å². The number of benzene rings is 2. The molecule has 0 spiro atoms. The van der Waals surface area contributed by atoms with Crippen LogP contribution in [-0.4, -0.2) is 25.5 Å². The molecule has 158 valence electrons. The molecule has 2 aromatic rings. The molecule has 0 unspecified atom stereocenters. The van der Waals surface area contributed by atoms with Crippen LogP contribution in [0, 0.1) is 0 Å². The van der Waals surface area contributed by atoms with Gasteiger partial charge in [0, 0.05) is 12.4 Å². The Morgan fingerprint density at radius 3 is 1.25 bits per heavy atom. The first-order chi connectivity index (χ1) is 12.2. The van der Waals surface area contributed by atoms with Gasteiger partial charge in [-0.1, -0.05) is 48.5 Å². The summed E-state index contributed by atoms with van der Waals surface area (Å²) in [6.45, 7) is 0.956. The van der Waals surface area contributed by atoms with Crippen molar-refractivity contribution in [2.75, 3.05) is 13.1 Å². The maximum atomic E-state index is 11.4. The van der Waals surface area contributed by atoms with Gasteiger partial charge in [0.05, 0.1) is 13.1 Å².